The molecule has 10 nitrogen and oxygen atoms in total. The molecule has 0 atom stereocenters. The molecule has 2 aromatic carbocycles. The van der Waals surface area contributed by atoms with Crippen LogP contribution in [0.1, 0.15) is 0 Å². The van der Waals surface area contributed by atoms with Gasteiger partial charge in [0.2, 0.25) is 0 Å². The molecule has 1 aliphatic heterocycles. The van der Waals surface area contributed by atoms with Crippen LogP contribution in [0.4, 0.5) is 21.0 Å². The summed E-state index contributed by atoms with van der Waals surface area (Å²) >= 11 is 12.0. The van der Waals surface area contributed by atoms with Crippen molar-refractivity contribution in [2.24, 2.45) is 0 Å². The van der Waals surface area contributed by atoms with Gasteiger partial charge in [0.15, 0.2) is 0 Å². The number of benzene rings is 2. The van der Waals surface area contributed by atoms with Gasteiger partial charge >= 0.3 is 12.1 Å². The van der Waals surface area contributed by atoms with Crippen LogP contribution in [0.5, 0.6) is 0 Å². The molecule has 0 aromatic heterocycles. The monoisotopic (exact) mass is 568 g/mol. The Bertz CT molecular complexity index is 916. The number of carbonyl (C=O) groups is 2. The fourth-order valence-corrected chi connectivity index (χ4v) is 3.89. The van der Waals surface area contributed by atoms with E-state index in [9.17, 15) is 9.59 Å². The Morgan fingerprint density at radius 2 is 0.921 bits per heavy atom. The smallest absolute Gasteiger partial charge is 0.322 e. The molecule has 1 heterocycles. The largest absolute Gasteiger partial charge is 0.377 e. The lowest BCUT2D eigenvalue weighted by Crippen LogP contribution is -2.40. The van der Waals surface area contributed by atoms with Gasteiger partial charge < -0.3 is 39.4 Å². The van der Waals surface area contributed by atoms with E-state index in [2.05, 4.69) is 10.6 Å². The van der Waals surface area contributed by atoms with Crippen LogP contribution in [0.25, 0.3) is 0 Å². The van der Waals surface area contributed by atoms with E-state index in [0.29, 0.717) is 100 Å². The van der Waals surface area contributed by atoms with Gasteiger partial charge in [-0.1, -0.05) is 35.3 Å². The Hall–Kier alpha value is -2.60. The van der Waals surface area contributed by atoms with Gasteiger partial charge in [0.1, 0.15) is 0 Å². The predicted molar refractivity (Wildman–Crippen MR) is 147 cm³/mol. The molecule has 1 aliphatic rings. The number of halogens is 2. The van der Waals surface area contributed by atoms with Gasteiger partial charge in [0.25, 0.3) is 0 Å². The number of rotatable bonds is 2. The van der Waals surface area contributed by atoms with Crippen LogP contribution in [0.2, 0.25) is 10.0 Å². The zero-order valence-corrected chi connectivity index (χ0v) is 22.7. The first-order valence-corrected chi connectivity index (χ1v) is 13.2. The summed E-state index contributed by atoms with van der Waals surface area (Å²) < 4.78 is 22.6. The quantitative estimate of drug-likeness (QED) is 0.555. The first-order chi connectivity index (χ1) is 18.5. The maximum absolute atomic E-state index is 12.8. The molecule has 2 aromatic rings. The minimum Gasteiger partial charge on any atom is -0.377 e. The number of hydrogen-bond acceptors (Lipinski definition) is 6. The van der Waals surface area contributed by atoms with E-state index in [-0.39, 0.29) is 12.1 Å². The normalized spacial score (nSPS) is 17.2. The number of amides is 4. The van der Waals surface area contributed by atoms with Crippen LogP contribution in [-0.4, -0.2) is 101 Å². The summed E-state index contributed by atoms with van der Waals surface area (Å²) in [6.45, 7) is 4.30. The maximum atomic E-state index is 12.8. The van der Waals surface area contributed by atoms with Crippen molar-refractivity contribution in [3.63, 3.8) is 0 Å². The van der Waals surface area contributed by atoms with E-state index in [4.69, 9.17) is 42.1 Å². The van der Waals surface area contributed by atoms with Gasteiger partial charge in [-0.15, -0.1) is 0 Å². The van der Waals surface area contributed by atoms with Gasteiger partial charge in [0, 0.05) is 47.6 Å². The highest BCUT2D eigenvalue weighted by Gasteiger charge is 2.16. The van der Waals surface area contributed by atoms with Crippen molar-refractivity contribution in [1.82, 2.24) is 9.80 Å². The predicted octanol–water partition coefficient (Wildman–Crippen LogP) is 4.44. The lowest BCUT2D eigenvalue weighted by atomic mass is 10.3. The van der Waals surface area contributed by atoms with Crippen molar-refractivity contribution in [2.45, 2.75) is 0 Å². The second kappa shape index (κ2) is 17.1. The van der Waals surface area contributed by atoms with E-state index in [1.807, 2.05) is 0 Å². The SMILES string of the molecule is O=C(Nc1cccc(Cl)c1)N1CCOCCOCCN(C(=O)Nc2cccc(Cl)c2)CCOCCOCC1. The molecule has 1 fully saturated rings. The van der Waals surface area contributed by atoms with E-state index in [1.54, 1.807) is 58.3 Å². The lowest BCUT2D eigenvalue weighted by molar-refractivity contribution is 0.0175. The molecule has 2 N–H and O–H groups in total. The van der Waals surface area contributed by atoms with E-state index in [0.717, 1.165) is 0 Å². The summed E-state index contributed by atoms with van der Waals surface area (Å²) in [6, 6.07) is 13.4. The summed E-state index contributed by atoms with van der Waals surface area (Å²) in [5.74, 6) is 0. The molecular weight excluding hydrogens is 535 g/mol. The lowest BCUT2D eigenvalue weighted by Gasteiger charge is -2.24. The van der Waals surface area contributed by atoms with Crippen LogP contribution < -0.4 is 10.6 Å². The molecule has 38 heavy (non-hydrogen) atoms. The van der Waals surface area contributed by atoms with Crippen LogP contribution >= 0.6 is 23.2 Å². The molecule has 3 rings (SSSR count). The Morgan fingerprint density at radius 1 is 0.579 bits per heavy atom. The first-order valence-electron chi connectivity index (χ1n) is 12.5. The van der Waals surface area contributed by atoms with Crippen molar-refractivity contribution in [2.75, 3.05) is 89.7 Å². The zero-order chi connectivity index (χ0) is 27.0. The number of carbonyl (C=O) groups excluding carboxylic acids is 2. The minimum atomic E-state index is -0.266. The third-order valence-corrected chi connectivity index (χ3v) is 5.96. The third kappa shape index (κ3) is 11.4. The fraction of sp³-hybridized carbons (Fsp3) is 0.462. The highest BCUT2D eigenvalue weighted by molar-refractivity contribution is 6.31. The number of ether oxygens (including phenoxy) is 4. The fourth-order valence-electron chi connectivity index (χ4n) is 3.51. The second-order valence-electron chi connectivity index (χ2n) is 8.30. The number of urea groups is 2. The van der Waals surface area contributed by atoms with Crippen molar-refractivity contribution >= 4 is 46.6 Å². The molecule has 0 saturated carbocycles. The summed E-state index contributed by atoms with van der Waals surface area (Å²) in [4.78, 5) is 28.8. The van der Waals surface area contributed by atoms with Crippen molar-refractivity contribution in [1.29, 1.82) is 0 Å². The molecule has 0 bridgehead atoms. The van der Waals surface area contributed by atoms with Crippen LogP contribution in [0, 0.1) is 0 Å². The zero-order valence-electron chi connectivity index (χ0n) is 21.2. The maximum Gasteiger partial charge on any atom is 0.322 e. The Morgan fingerprint density at radius 3 is 1.24 bits per heavy atom. The number of anilines is 2. The third-order valence-electron chi connectivity index (χ3n) is 5.49. The van der Waals surface area contributed by atoms with E-state index < -0.39 is 0 Å². The van der Waals surface area contributed by atoms with E-state index >= 15 is 0 Å². The Labute approximate surface area is 233 Å². The minimum absolute atomic E-state index is 0.266. The first kappa shape index (κ1) is 29.9. The summed E-state index contributed by atoms with van der Waals surface area (Å²) in [7, 11) is 0. The Kier molecular flexibility index (Phi) is 13.5. The summed E-state index contributed by atoms with van der Waals surface area (Å²) in [6.07, 6.45) is 0. The van der Waals surface area contributed by atoms with Gasteiger partial charge in [-0.2, -0.15) is 0 Å². The van der Waals surface area contributed by atoms with Gasteiger partial charge in [-0.05, 0) is 36.4 Å². The van der Waals surface area contributed by atoms with E-state index in [1.165, 1.54) is 0 Å². The standard InChI is InChI=1S/C26H34Cl2N4O6/c27-21-3-1-5-23(19-21)29-25(33)31-7-11-35-15-17-37-13-9-32(10-14-38-18-16-36-12-8-31)26(34)30-24-6-2-4-22(28)20-24/h1-6,19-20H,7-18H2,(H,29,33)(H,30,34). The van der Waals surface area contributed by atoms with Gasteiger partial charge in [-0.25, -0.2) is 9.59 Å². The summed E-state index contributed by atoms with van der Waals surface area (Å²) in [5, 5.41) is 6.78. The molecular formula is C26H34Cl2N4O6. The number of nitrogens with zero attached hydrogens (tertiary/aromatic N) is 2. The summed E-state index contributed by atoms with van der Waals surface area (Å²) in [5.41, 5.74) is 1.22. The van der Waals surface area contributed by atoms with Crippen molar-refractivity contribution in [3.05, 3.63) is 58.6 Å². The molecule has 0 aliphatic carbocycles. The van der Waals surface area contributed by atoms with Gasteiger partial charge in [-0.3, -0.25) is 0 Å². The van der Waals surface area contributed by atoms with Crippen LogP contribution in [-0.2, 0) is 18.9 Å². The average molecular weight is 569 g/mol. The number of hydrogen-bond donors (Lipinski definition) is 2. The second-order valence-corrected chi connectivity index (χ2v) is 9.18. The molecule has 4 amide bonds. The van der Waals surface area contributed by atoms with Crippen LogP contribution in [0.15, 0.2) is 48.5 Å². The molecule has 208 valence electrons. The highest BCUT2D eigenvalue weighted by Crippen LogP contribution is 2.16. The molecule has 0 unspecified atom stereocenters. The molecule has 12 heteroatoms. The van der Waals surface area contributed by atoms with Crippen molar-refractivity contribution in [3.8, 4) is 0 Å². The van der Waals surface area contributed by atoms with Crippen LogP contribution in [0.3, 0.4) is 0 Å². The average Bonchev–Trinajstić information content (AvgIpc) is 2.88. The molecule has 0 radical (unpaired) electrons. The number of nitrogens with one attached hydrogen (secondary N) is 2. The molecule has 0 spiro atoms. The Balaban J connectivity index is 1.47. The topological polar surface area (TPSA) is 102 Å². The molecule has 1 saturated heterocycles. The highest BCUT2D eigenvalue weighted by atomic mass is 35.5. The van der Waals surface area contributed by atoms with Gasteiger partial charge in [0.05, 0.1) is 52.9 Å². The van der Waals surface area contributed by atoms with Crippen molar-refractivity contribution < 1.29 is 28.5 Å².